The Kier molecular flexibility index (Phi) is 6.65. The quantitative estimate of drug-likeness (QED) is 0.361. The second-order valence-corrected chi connectivity index (χ2v) is 14.0. The zero-order valence-corrected chi connectivity index (χ0v) is 20.2. The van der Waals surface area contributed by atoms with E-state index in [1.54, 1.807) is 0 Å². The van der Waals surface area contributed by atoms with Crippen LogP contribution in [0.2, 0.25) is 13.1 Å². The van der Waals surface area contributed by atoms with E-state index >= 15 is 0 Å². The van der Waals surface area contributed by atoms with Gasteiger partial charge in [-0.05, 0) is 23.2 Å². The summed E-state index contributed by atoms with van der Waals surface area (Å²) in [5, 5.41) is 0. The van der Waals surface area contributed by atoms with Crippen molar-refractivity contribution < 1.29 is 19.1 Å². The molecule has 5 nitrogen and oxygen atoms in total. The van der Waals surface area contributed by atoms with Crippen LogP contribution in [0.15, 0.2) is 84.9 Å². The van der Waals surface area contributed by atoms with Crippen LogP contribution in [0.1, 0.15) is 22.2 Å². The normalized spacial score (nSPS) is 17.4. The van der Waals surface area contributed by atoms with Crippen molar-refractivity contribution in [1.29, 1.82) is 0 Å². The molecule has 0 radical (unpaired) electrons. The van der Waals surface area contributed by atoms with Crippen molar-refractivity contribution in [3.63, 3.8) is 0 Å². The Morgan fingerprint density at radius 1 is 0.848 bits per heavy atom. The van der Waals surface area contributed by atoms with Gasteiger partial charge in [-0.1, -0.05) is 97.5 Å². The van der Waals surface area contributed by atoms with E-state index in [0.29, 0.717) is 0 Å². The van der Waals surface area contributed by atoms with Gasteiger partial charge in [-0.25, -0.2) is 9.59 Å². The number of hydrogen-bond acceptors (Lipinski definition) is 4. The number of amides is 1. The van der Waals surface area contributed by atoms with Crippen molar-refractivity contribution >= 4 is 25.8 Å². The van der Waals surface area contributed by atoms with Crippen LogP contribution in [0.5, 0.6) is 0 Å². The fourth-order valence-corrected chi connectivity index (χ4v) is 8.62. The van der Waals surface area contributed by atoms with E-state index in [1.165, 1.54) is 17.6 Å². The minimum atomic E-state index is -2.13. The fourth-order valence-electron chi connectivity index (χ4n) is 4.88. The summed E-state index contributed by atoms with van der Waals surface area (Å²) in [6.45, 7) is 4.69. The van der Waals surface area contributed by atoms with Crippen LogP contribution < -0.4 is 4.90 Å². The molecule has 1 amide bonds. The van der Waals surface area contributed by atoms with Gasteiger partial charge in [0.1, 0.15) is 12.6 Å². The second-order valence-electron chi connectivity index (χ2n) is 9.07. The maximum Gasteiger partial charge on any atom is 0.415 e. The smallest absolute Gasteiger partial charge is 0.415 e. The molecule has 1 heterocycles. The fraction of sp³-hybridized carbons (Fsp3) is 0.259. The first-order valence-corrected chi connectivity index (χ1v) is 14.4. The van der Waals surface area contributed by atoms with Crippen molar-refractivity contribution in [2.45, 2.75) is 37.3 Å². The van der Waals surface area contributed by atoms with E-state index in [1.807, 2.05) is 72.8 Å². The van der Waals surface area contributed by atoms with Gasteiger partial charge in [-0.2, -0.15) is 0 Å². The zero-order valence-electron chi connectivity index (χ0n) is 19.2. The van der Waals surface area contributed by atoms with Crippen molar-refractivity contribution in [3.05, 3.63) is 102 Å². The molecular weight excluding hydrogens is 430 g/mol. The lowest BCUT2D eigenvalue weighted by Crippen LogP contribution is -2.52. The van der Waals surface area contributed by atoms with Crippen LogP contribution >= 0.6 is 0 Å². The molecule has 3 aromatic rings. The van der Waals surface area contributed by atoms with Gasteiger partial charge < -0.3 is 9.47 Å². The van der Waals surface area contributed by atoms with E-state index in [0.717, 1.165) is 22.9 Å². The van der Waals surface area contributed by atoms with Crippen LogP contribution in [0.4, 0.5) is 10.5 Å². The zero-order chi connectivity index (χ0) is 23.4. The summed E-state index contributed by atoms with van der Waals surface area (Å²) >= 11 is 0. The molecule has 0 saturated carbocycles. The number of benzene rings is 3. The summed E-state index contributed by atoms with van der Waals surface area (Å²) in [5.41, 5.74) is 3.75. The van der Waals surface area contributed by atoms with E-state index in [-0.39, 0.29) is 12.1 Å². The highest BCUT2D eigenvalue weighted by atomic mass is 28.3. The molecule has 0 saturated heterocycles. The third kappa shape index (κ3) is 4.71. The molecule has 6 heteroatoms. The molecule has 0 fully saturated rings. The molecule has 2 atom stereocenters. The molecule has 0 unspecified atom stereocenters. The van der Waals surface area contributed by atoms with Crippen LogP contribution in [0, 0.1) is 0 Å². The van der Waals surface area contributed by atoms with E-state index in [9.17, 15) is 9.59 Å². The third-order valence-corrected chi connectivity index (χ3v) is 9.94. The SMILES string of the molecule is COC(=O)[C@H]1[C@H]([Si](C)(C)Cc2ccccc2)c2ccccc2N1C(=O)OCc1ccccc1. The van der Waals surface area contributed by atoms with Crippen LogP contribution in [-0.4, -0.2) is 33.3 Å². The summed E-state index contributed by atoms with van der Waals surface area (Å²) in [7, 11) is -0.753. The average molecular weight is 460 g/mol. The Bertz CT molecular complexity index is 1120. The molecule has 1 aliphatic heterocycles. The number of fused-ring (bicyclic) bond motifs is 1. The second kappa shape index (κ2) is 9.63. The molecule has 0 N–H and O–H groups in total. The number of methoxy groups -OCH3 is 1. The molecule has 3 aromatic carbocycles. The van der Waals surface area contributed by atoms with Crippen molar-refractivity contribution in [1.82, 2.24) is 0 Å². The molecule has 0 aliphatic carbocycles. The Hall–Kier alpha value is -3.38. The lowest BCUT2D eigenvalue weighted by molar-refractivity contribution is -0.142. The standard InChI is InChI=1S/C27H29NO4Si/c1-31-26(29)24-25(33(2,3)19-21-14-8-5-9-15-21)22-16-10-11-17-23(22)28(24)27(30)32-18-20-12-6-4-7-13-20/h4-17,24-25H,18-19H2,1-3H3/t24-,25-/m1/s1. The summed E-state index contributed by atoms with van der Waals surface area (Å²) in [5.74, 6) is -0.415. The minimum Gasteiger partial charge on any atom is -0.467 e. The molecule has 0 spiro atoms. The molecule has 33 heavy (non-hydrogen) atoms. The maximum absolute atomic E-state index is 13.4. The number of nitrogens with zero attached hydrogens (tertiary/aromatic N) is 1. The predicted molar refractivity (Wildman–Crippen MR) is 132 cm³/mol. The molecule has 170 valence electrons. The van der Waals surface area contributed by atoms with Crippen LogP contribution in [0.3, 0.4) is 0 Å². The highest BCUT2D eigenvalue weighted by molar-refractivity contribution is 6.79. The highest BCUT2D eigenvalue weighted by Gasteiger charge is 2.53. The minimum absolute atomic E-state index is 0.120. The maximum atomic E-state index is 13.4. The van der Waals surface area contributed by atoms with Gasteiger partial charge >= 0.3 is 12.1 Å². The Morgan fingerprint density at radius 3 is 2.06 bits per heavy atom. The number of carbonyl (C=O) groups is 2. The average Bonchev–Trinajstić information content (AvgIpc) is 3.19. The van der Waals surface area contributed by atoms with Gasteiger partial charge in [0.15, 0.2) is 0 Å². The van der Waals surface area contributed by atoms with E-state index < -0.39 is 26.2 Å². The summed E-state index contributed by atoms with van der Waals surface area (Å²) < 4.78 is 10.9. The van der Waals surface area contributed by atoms with Crippen molar-refractivity contribution in [3.8, 4) is 0 Å². The van der Waals surface area contributed by atoms with E-state index in [2.05, 4.69) is 25.2 Å². The lowest BCUT2D eigenvalue weighted by atomic mass is 10.1. The van der Waals surface area contributed by atoms with Crippen LogP contribution in [-0.2, 0) is 26.9 Å². The van der Waals surface area contributed by atoms with E-state index in [4.69, 9.17) is 9.47 Å². The molecule has 1 aliphatic rings. The highest BCUT2D eigenvalue weighted by Crippen LogP contribution is 2.47. The first-order chi connectivity index (χ1) is 15.9. The van der Waals surface area contributed by atoms with Crippen LogP contribution in [0.25, 0.3) is 0 Å². The Morgan fingerprint density at radius 2 is 1.42 bits per heavy atom. The molecule has 0 aromatic heterocycles. The monoisotopic (exact) mass is 459 g/mol. The van der Waals surface area contributed by atoms with Gasteiger partial charge in [0.25, 0.3) is 0 Å². The van der Waals surface area contributed by atoms with Gasteiger partial charge in [0.2, 0.25) is 0 Å². The van der Waals surface area contributed by atoms with Crippen molar-refractivity contribution in [2.75, 3.05) is 12.0 Å². The Labute approximate surface area is 196 Å². The third-order valence-electron chi connectivity index (χ3n) is 6.31. The van der Waals surface area contributed by atoms with Crippen molar-refractivity contribution in [2.24, 2.45) is 0 Å². The number of ether oxygens (including phenoxy) is 2. The predicted octanol–water partition coefficient (Wildman–Crippen LogP) is 5.50. The number of hydrogen-bond donors (Lipinski definition) is 0. The number of carbonyl (C=O) groups excluding carboxylic acids is 2. The molecule has 4 rings (SSSR count). The molecular formula is C27H29NO4Si. The van der Waals surface area contributed by atoms with Gasteiger partial charge in [-0.3, -0.25) is 4.90 Å². The lowest BCUT2D eigenvalue weighted by Gasteiger charge is -2.35. The summed E-state index contributed by atoms with van der Waals surface area (Å²) in [6.07, 6.45) is -0.534. The summed E-state index contributed by atoms with van der Waals surface area (Å²) in [4.78, 5) is 28.0. The van der Waals surface area contributed by atoms with Gasteiger partial charge in [0, 0.05) is 5.54 Å². The summed E-state index contributed by atoms with van der Waals surface area (Å²) in [6, 6.07) is 27.7. The Balaban J connectivity index is 1.69. The first-order valence-electron chi connectivity index (χ1n) is 11.1. The first kappa shape index (κ1) is 22.8. The molecule has 0 bridgehead atoms. The topological polar surface area (TPSA) is 55.8 Å². The number of para-hydroxylation sites is 1. The van der Waals surface area contributed by atoms with Gasteiger partial charge in [-0.15, -0.1) is 0 Å². The number of anilines is 1. The number of esters is 1. The van der Waals surface area contributed by atoms with Gasteiger partial charge in [0.05, 0.1) is 20.9 Å². The largest absolute Gasteiger partial charge is 0.467 e. The number of rotatable bonds is 6.